The molecule has 144 valence electrons. The van der Waals surface area contributed by atoms with Crippen molar-refractivity contribution in [1.29, 1.82) is 0 Å². The molecule has 1 amide bonds. The molecule has 0 spiro atoms. The number of hydrogen-bond acceptors (Lipinski definition) is 5. The van der Waals surface area contributed by atoms with Crippen LogP contribution in [0.1, 0.15) is 42.1 Å². The average molecular weight is 369 g/mol. The second kappa shape index (κ2) is 7.68. The molecule has 7 nitrogen and oxygen atoms in total. The zero-order chi connectivity index (χ0) is 18.8. The number of methoxy groups -OCH3 is 1. The smallest absolute Gasteiger partial charge is 0.230 e. The van der Waals surface area contributed by atoms with Crippen molar-refractivity contribution in [1.82, 2.24) is 24.8 Å². The number of pyridine rings is 1. The number of rotatable bonds is 6. The largest absolute Gasteiger partial charge is 0.481 e. The number of amides is 1. The second-order valence-corrected chi connectivity index (χ2v) is 7.62. The zero-order valence-electron chi connectivity index (χ0n) is 16.0. The summed E-state index contributed by atoms with van der Waals surface area (Å²) in [7, 11) is 3.60. The highest BCUT2D eigenvalue weighted by Crippen LogP contribution is 2.30. The molecule has 1 unspecified atom stereocenters. The topological polar surface area (TPSA) is 72.3 Å². The van der Waals surface area contributed by atoms with E-state index in [0.717, 1.165) is 30.0 Å². The molecule has 1 N–H and O–H groups in total. The predicted octanol–water partition coefficient (Wildman–Crippen LogP) is 1.84. The van der Waals surface area contributed by atoms with Crippen LogP contribution in [-0.2, 0) is 24.9 Å². The Balaban J connectivity index is 1.51. The Morgan fingerprint density at radius 1 is 1.37 bits per heavy atom. The Hall–Kier alpha value is -2.41. The van der Waals surface area contributed by atoms with Gasteiger partial charge in [0.1, 0.15) is 0 Å². The number of aryl methyl sites for hydroxylation is 1. The van der Waals surface area contributed by atoms with E-state index < -0.39 is 0 Å². The van der Waals surface area contributed by atoms with Crippen LogP contribution in [-0.4, -0.2) is 45.5 Å². The number of ether oxygens (including phenoxy) is 1. The van der Waals surface area contributed by atoms with Crippen LogP contribution in [0.2, 0.25) is 0 Å². The van der Waals surface area contributed by atoms with Crippen molar-refractivity contribution in [2.24, 2.45) is 13.0 Å². The number of aromatic nitrogens is 3. The fourth-order valence-corrected chi connectivity index (χ4v) is 4.04. The fraction of sp³-hybridized carbons (Fsp3) is 0.550. The van der Waals surface area contributed by atoms with E-state index in [9.17, 15) is 4.79 Å². The van der Waals surface area contributed by atoms with Gasteiger partial charge in [0.2, 0.25) is 11.8 Å². The number of carbonyl (C=O) groups excluding carboxylic acids is 1. The Bertz CT molecular complexity index is 814. The van der Waals surface area contributed by atoms with Crippen molar-refractivity contribution in [3.63, 3.8) is 0 Å². The highest BCUT2D eigenvalue weighted by Gasteiger charge is 2.34. The SMILES string of the molecule is COc1ncccc1CN1Cc2ncn(C)c2C(C(=O)NCC2CCC2)C1. The highest BCUT2D eigenvalue weighted by atomic mass is 16.5. The Kier molecular flexibility index (Phi) is 5.11. The first-order chi connectivity index (χ1) is 13.2. The highest BCUT2D eigenvalue weighted by molar-refractivity contribution is 5.84. The maximum absolute atomic E-state index is 13.0. The van der Waals surface area contributed by atoms with E-state index in [1.807, 2.05) is 30.1 Å². The minimum Gasteiger partial charge on any atom is -0.481 e. The summed E-state index contributed by atoms with van der Waals surface area (Å²) in [6.45, 7) is 2.86. The first-order valence-corrected chi connectivity index (χ1v) is 9.63. The maximum atomic E-state index is 13.0. The van der Waals surface area contributed by atoms with E-state index in [0.29, 0.717) is 24.9 Å². The molecule has 2 aliphatic rings. The van der Waals surface area contributed by atoms with E-state index in [1.165, 1.54) is 19.3 Å². The zero-order valence-corrected chi connectivity index (χ0v) is 16.0. The first-order valence-electron chi connectivity index (χ1n) is 9.63. The van der Waals surface area contributed by atoms with Crippen molar-refractivity contribution < 1.29 is 9.53 Å². The Morgan fingerprint density at radius 2 is 2.22 bits per heavy atom. The van der Waals surface area contributed by atoms with Crippen LogP contribution in [0.15, 0.2) is 24.7 Å². The minimum absolute atomic E-state index is 0.106. The lowest BCUT2D eigenvalue weighted by Crippen LogP contribution is -2.43. The van der Waals surface area contributed by atoms with Gasteiger partial charge in [-0.05, 0) is 24.8 Å². The normalized spacial score (nSPS) is 20.0. The molecule has 1 atom stereocenters. The van der Waals surface area contributed by atoms with E-state index >= 15 is 0 Å². The Labute approximate surface area is 159 Å². The number of nitrogens with one attached hydrogen (secondary N) is 1. The molecule has 1 aliphatic heterocycles. The summed E-state index contributed by atoms with van der Waals surface area (Å²) in [6, 6.07) is 3.93. The molecule has 1 saturated carbocycles. The van der Waals surface area contributed by atoms with E-state index in [2.05, 4.69) is 20.2 Å². The summed E-state index contributed by atoms with van der Waals surface area (Å²) in [5.41, 5.74) is 3.04. The molecule has 0 aromatic carbocycles. The predicted molar refractivity (Wildman–Crippen MR) is 101 cm³/mol. The van der Waals surface area contributed by atoms with Gasteiger partial charge in [-0.2, -0.15) is 0 Å². The molecule has 1 fully saturated rings. The maximum Gasteiger partial charge on any atom is 0.230 e. The minimum atomic E-state index is -0.205. The van der Waals surface area contributed by atoms with Crippen LogP contribution in [0.5, 0.6) is 5.88 Å². The van der Waals surface area contributed by atoms with Crippen molar-refractivity contribution in [2.75, 3.05) is 20.2 Å². The lowest BCUT2D eigenvalue weighted by molar-refractivity contribution is -0.123. The molecule has 2 aromatic heterocycles. The molecule has 1 aliphatic carbocycles. The van der Waals surface area contributed by atoms with Crippen molar-refractivity contribution in [3.05, 3.63) is 41.6 Å². The summed E-state index contributed by atoms with van der Waals surface area (Å²) < 4.78 is 7.37. The molecule has 0 radical (unpaired) electrons. The monoisotopic (exact) mass is 369 g/mol. The molecule has 4 rings (SSSR count). The van der Waals surface area contributed by atoms with Crippen molar-refractivity contribution in [2.45, 2.75) is 38.3 Å². The van der Waals surface area contributed by atoms with Gasteiger partial charge in [0, 0.05) is 45.0 Å². The molecule has 3 heterocycles. The third kappa shape index (κ3) is 3.69. The second-order valence-electron chi connectivity index (χ2n) is 7.62. The third-order valence-corrected chi connectivity index (χ3v) is 5.75. The van der Waals surface area contributed by atoms with Gasteiger partial charge in [0.05, 0.1) is 30.7 Å². The molecule has 7 heteroatoms. The van der Waals surface area contributed by atoms with Crippen LogP contribution in [0.4, 0.5) is 0 Å². The first kappa shape index (κ1) is 18.0. The quantitative estimate of drug-likeness (QED) is 0.841. The Morgan fingerprint density at radius 3 is 2.96 bits per heavy atom. The van der Waals surface area contributed by atoms with Gasteiger partial charge in [-0.25, -0.2) is 9.97 Å². The number of hydrogen-bond donors (Lipinski definition) is 1. The van der Waals surface area contributed by atoms with Gasteiger partial charge in [0.15, 0.2) is 0 Å². The van der Waals surface area contributed by atoms with Gasteiger partial charge >= 0.3 is 0 Å². The van der Waals surface area contributed by atoms with Gasteiger partial charge in [-0.3, -0.25) is 9.69 Å². The molecule has 27 heavy (non-hydrogen) atoms. The van der Waals surface area contributed by atoms with E-state index in [1.54, 1.807) is 13.3 Å². The van der Waals surface area contributed by atoms with Crippen LogP contribution in [0.25, 0.3) is 0 Å². The average Bonchev–Trinajstić information content (AvgIpc) is 3.01. The van der Waals surface area contributed by atoms with Crippen LogP contribution in [0, 0.1) is 5.92 Å². The molecular weight excluding hydrogens is 342 g/mol. The van der Waals surface area contributed by atoms with Gasteiger partial charge in [0.25, 0.3) is 0 Å². The van der Waals surface area contributed by atoms with Gasteiger partial charge in [-0.1, -0.05) is 12.5 Å². The third-order valence-electron chi connectivity index (χ3n) is 5.75. The summed E-state index contributed by atoms with van der Waals surface area (Å²) in [5, 5.41) is 3.18. The standard InChI is InChI=1S/C20H27N5O2/c1-24-13-23-17-12-25(10-15-7-4-8-21-20(15)27-2)11-16(18(17)24)19(26)22-9-14-5-3-6-14/h4,7-8,13-14,16H,3,5-6,9-12H2,1-2H3,(H,22,26). The van der Waals surface area contributed by atoms with E-state index in [-0.39, 0.29) is 11.8 Å². The number of nitrogens with zero attached hydrogens (tertiary/aromatic N) is 4. The number of fused-ring (bicyclic) bond motifs is 1. The van der Waals surface area contributed by atoms with Crippen LogP contribution >= 0.6 is 0 Å². The van der Waals surface area contributed by atoms with Gasteiger partial charge in [-0.15, -0.1) is 0 Å². The van der Waals surface area contributed by atoms with Crippen LogP contribution < -0.4 is 10.1 Å². The van der Waals surface area contributed by atoms with Gasteiger partial charge < -0.3 is 14.6 Å². The number of carbonyl (C=O) groups is 1. The van der Waals surface area contributed by atoms with E-state index in [4.69, 9.17) is 4.74 Å². The van der Waals surface area contributed by atoms with Crippen LogP contribution in [0.3, 0.4) is 0 Å². The summed E-state index contributed by atoms with van der Waals surface area (Å²) in [6.07, 6.45) is 7.29. The van der Waals surface area contributed by atoms with Crippen molar-refractivity contribution >= 4 is 5.91 Å². The van der Waals surface area contributed by atoms with Crippen molar-refractivity contribution in [3.8, 4) is 5.88 Å². The fourth-order valence-electron chi connectivity index (χ4n) is 4.04. The summed E-state index contributed by atoms with van der Waals surface area (Å²) >= 11 is 0. The molecular formula is C20H27N5O2. The number of imidazole rings is 1. The molecule has 0 saturated heterocycles. The molecule has 2 aromatic rings. The summed E-state index contributed by atoms with van der Waals surface area (Å²) in [4.78, 5) is 24.0. The lowest BCUT2D eigenvalue weighted by Gasteiger charge is -2.33. The lowest BCUT2D eigenvalue weighted by atomic mass is 9.85. The molecule has 0 bridgehead atoms. The summed E-state index contributed by atoms with van der Waals surface area (Å²) in [5.74, 6) is 1.19.